The van der Waals surface area contributed by atoms with Crippen LogP contribution in [0.5, 0.6) is 11.6 Å². The average molecular weight is 875 g/mol. The van der Waals surface area contributed by atoms with Gasteiger partial charge in [0.25, 0.3) is 5.88 Å². The quantitative estimate of drug-likeness (QED) is 0.0947. The summed E-state index contributed by atoms with van der Waals surface area (Å²) in [6.45, 7) is 10.1. The van der Waals surface area contributed by atoms with Crippen LogP contribution in [0, 0.1) is 17.7 Å². The van der Waals surface area contributed by atoms with Gasteiger partial charge in [-0.25, -0.2) is 12.8 Å². The summed E-state index contributed by atoms with van der Waals surface area (Å²) in [7, 11) is -0.00129. The van der Waals surface area contributed by atoms with Gasteiger partial charge in [-0.3, -0.25) is 19.2 Å². The summed E-state index contributed by atoms with van der Waals surface area (Å²) >= 11 is 0. The van der Waals surface area contributed by atoms with Gasteiger partial charge >= 0.3 is 0 Å². The first kappa shape index (κ1) is 44.2. The molecule has 1 fully saturated rings. The Balaban J connectivity index is 1.42. The molecule has 0 radical (unpaired) electrons. The molecule has 1 saturated carbocycles. The van der Waals surface area contributed by atoms with Crippen LogP contribution in [0.2, 0.25) is 18.1 Å². The molecule has 13 nitrogen and oxygen atoms in total. The zero-order chi connectivity index (χ0) is 44.2. The van der Waals surface area contributed by atoms with Gasteiger partial charge in [-0.1, -0.05) is 81.4 Å². The zero-order valence-corrected chi connectivity index (χ0v) is 38.0. The number of halogens is 1. The van der Waals surface area contributed by atoms with Crippen molar-refractivity contribution in [2.75, 3.05) is 45.2 Å². The lowest BCUT2D eigenvalue weighted by atomic mass is 9.57. The van der Waals surface area contributed by atoms with Crippen LogP contribution in [0.15, 0.2) is 76.8 Å². The van der Waals surface area contributed by atoms with E-state index in [0.717, 1.165) is 17.2 Å². The van der Waals surface area contributed by atoms with E-state index in [2.05, 4.69) is 9.88 Å². The van der Waals surface area contributed by atoms with E-state index < -0.39 is 70.0 Å². The molecule has 7 rings (SSSR count). The van der Waals surface area contributed by atoms with E-state index in [1.807, 2.05) is 114 Å². The minimum atomic E-state index is -4.06. The third-order valence-corrected chi connectivity index (χ3v) is 18.2. The van der Waals surface area contributed by atoms with Crippen molar-refractivity contribution in [3.63, 3.8) is 0 Å². The fourth-order valence-corrected chi connectivity index (χ4v) is 11.1. The van der Waals surface area contributed by atoms with Crippen molar-refractivity contribution in [1.29, 1.82) is 0 Å². The van der Waals surface area contributed by atoms with Crippen molar-refractivity contribution in [3.05, 3.63) is 112 Å². The number of anilines is 1. The molecule has 326 valence electrons. The van der Waals surface area contributed by atoms with Crippen molar-refractivity contribution in [2.45, 2.75) is 76.6 Å². The standard InChI is InChI=1S/C45H55FN4O9SSi/c1-44(2,3)61(8,9)59-45-31(37(50(6)7)40-36(42(45)53)43(47-58-40)57-26-28-18-14-11-15-19-28)23-29-22-30-32(46)24-33(48-60(54,55)21-20-49(4)5)39(35(30)38(51)34(29)41(45)52)56-25-27-16-12-10-13-17-27/h10-19,24,29,31,37,48,51H,20-23,25-26H2,1-9H3/t29-,31-,37-,45-/m0/s1. The third-order valence-electron chi connectivity index (χ3n) is 12.5. The van der Waals surface area contributed by atoms with Crippen LogP contribution in [0.4, 0.5) is 10.1 Å². The molecule has 4 aromatic rings. The first-order valence-electron chi connectivity index (χ1n) is 20.4. The summed E-state index contributed by atoms with van der Waals surface area (Å²) in [4.78, 5) is 35.0. The van der Waals surface area contributed by atoms with Gasteiger partial charge in [-0.2, -0.15) is 0 Å². The molecule has 0 unspecified atom stereocenters. The maximum Gasteiger partial charge on any atom is 0.265 e. The van der Waals surface area contributed by atoms with Gasteiger partial charge in [0, 0.05) is 29.7 Å². The van der Waals surface area contributed by atoms with Crippen LogP contribution >= 0.6 is 0 Å². The van der Waals surface area contributed by atoms with Crippen molar-refractivity contribution in [3.8, 4) is 11.6 Å². The molecule has 0 spiro atoms. The topological polar surface area (TPSA) is 161 Å². The lowest BCUT2D eigenvalue weighted by Gasteiger charge is -2.55. The maximum atomic E-state index is 16.6. The van der Waals surface area contributed by atoms with Gasteiger partial charge in [0.2, 0.25) is 21.6 Å². The van der Waals surface area contributed by atoms with Gasteiger partial charge in [-0.15, -0.1) is 0 Å². The molecular formula is C45H55FN4O9SSi. The van der Waals surface area contributed by atoms with E-state index in [4.69, 9.17) is 18.4 Å². The lowest BCUT2D eigenvalue weighted by molar-refractivity contribution is -0.140. The first-order chi connectivity index (χ1) is 28.7. The molecule has 3 aromatic carbocycles. The summed E-state index contributed by atoms with van der Waals surface area (Å²) in [5.41, 5.74) is -1.12. The Kier molecular flexibility index (Phi) is 11.9. The smallest absolute Gasteiger partial charge is 0.265 e. The fourth-order valence-electron chi connectivity index (χ4n) is 8.44. The van der Waals surface area contributed by atoms with E-state index in [9.17, 15) is 13.5 Å². The number of nitrogens with zero attached hydrogens (tertiary/aromatic N) is 3. The molecule has 61 heavy (non-hydrogen) atoms. The molecule has 1 heterocycles. The van der Waals surface area contributed by atoms with Crippen molar-refractivity contribution >= 4 is 41.4 Å². The summed E-state index contributed by atoms with van der Waals surface area (Å²) in [6.07, 6.45) is 0.0596. The SMILES string of the molecule is CN(C)CCS(=O)(=O)Nc1cc(F)c2c(c1OCc1ccccc1)C(O)=C1C(=O)[C@]3(O[Si](C)(C)C(C)(C)C)C(=O)c4c(OCc5ccccc5)noc4[C@@H](N(C)C)[C@@H]3C[C@@H]1C2. The zero-order valence-electron chi connectivity index (χ0n) is 36.2. The number of ether oxygens (including phenoxy) is 2. The van der Waals surface area contributed by atoms with Crippen LogP contribution in [-0.4, -0.2) is 94.5 Å². The Labute approximate surface area is 358 Å². The highest BCUT2D eigenvalue weighted by Crippen LogP contribution is 2.59. The number of aromatic nitrogens is 1. The van der Waals surface area contributed by atoms with E-state index in [1.54, 1.807) is 19.0 Å². The first-order valence-corrected chi connectivity index (χ1v) is 25.0. The number of hydrogen-bond donors (Lipinski definition) is 2. The van der Waals surface area contributed by atoms with Crippen LogP contribution in [0.25, 0.3) is 5.76 Å². The largest absolute Gasteiger partial charge is 0.507 e. The van der Waals surface area contributed by atoms with Crippen LogP contribution in [-0.2, 0) is 38.9 Å². The molecule has 0 bridgehead atoms. The number of carbonyl (C=O) groups excluding carboxylic acids is 2. The highest BCUT2D eigenvalue weighted by Gasteiger charge is 2.69. The van der Waals surface area contributed by atoms with E-state index in [1.165, 1.54) is 0 Å². The number of hydrogen-bond acceptors (Lipinski definition) is 12. The number of fused-ring (bicyclic) bond motifs is 4. The van der Waals surface area contributed by atoms with Crippen molar-refractivity contribution < 1.29 is 45.9 Å². The molecule has 0 saturated heterocycles. The summed E-state index contributed by atoms with van der Waals surface area (Å²) in [5, 5.41) is 16.3. The second-order valence-corrected chi connectivity index (χ2v) is 24.8. The number of benzene rings is 3. The number of ketones is 2. The second kappa shape index (κ2) is 16.4. The Morgan fingerprint density at radius 3 is 2.13 bits per heavy atom. The number of carbonyl (C=O) groups is 2. The van der Waals surface area contributed by atoms with Crippen molar-refractivity contribution in [1.82, 2.24) is 15.0 Å². The maximum absolute atomic E-state index is 16.6. The highest BCUT2D eigenvalue weighted by molar-refractivity contribution is 7.92. The molecule has 2 N–H and O–H groups in total. The van der Waals surface area contributed by atoms with E-state index in [-0.39, 0.29) is 83.7 Å². The molecule has 16 heteroatoms. The number of rotatable bonds is 14. The minimum Gasteiger partial charge on any atom is -0.507 e. The predicted molar refractivity (Wildman–Crippen MR) is 232 cm³/mol. The van der Waals surface area contributed by atoms with Crippen molar-refractivity contribution in [2.24, 2.45) is 11.8 Å². The molecule has 0 aliphatic heterocycles. The number of aliphatic hydroxyl groups excluding tert-OH is 1. The number of aliphatic hydroxyl groups is 1. The highest BCUT2D eigenvalue weighted by atomic mass is 32.2. The van der Waals surface area contributed by atoms with Crippen LogP contribution < -0.4 is 14.2 Å². The summed E-state index contributed by atoms with van der Waals surface area (Å²) in [6, 6.07) is 18.8. The number of nitrogens with one attached hydrogen (secondary N) is 1. The summed E-state index contributed by atoms with van der Waals surface area (Å²) in [5.74, 6) is -4.78. The van der Waals surface area contributed by atoms with Gasteiger partial charge in [-0.05, 0) is 81.4 Å². The van der Waals surface area contributed by atoms with Gasteiger partial charge < -0.3 is 28.4 Å². The van der Waals surface area contributed by atoms with Crippen LogP contribution in [0.1, 0.15) is 71.6 Å². The van der Waals surface area contributed by atoms with Gasteiger partial charge in [0.15, 0.2) is 25.4 Å². The van der Waals surface area contributed by atoms with Gasteiger partial charge in [0.05, 0.1) is 23.0 Å². The molecule has 4 atom stereocenters. The molecule has 1 aromatic heterocycles. The Morgan fingerprint density at radius 2 is 1.56 bits per heavy atom. The van der Waals surface area contributed by atoms with Gasteiger partial charge in [0.1, 0.15) is 30.4 Å². The number of Topliss-reactive ketones (excluding diaryl/α,β-unsaturated/α-hetero) is 2. The second-order valence-electron chi connectivity index (χ2n) is 18.3. The molecule has 3 aliphatic rings. The normalized spacial score (nSPS) is 21.5. The third kappa shape index (κ3) is 8.16. The number of sulfonamides is 1. The Bertz CT molecular complexity index is 2470. The molecule has 3 aliphatic carbocycles. The minimum absolute atomic E-state index is 0.0139. The average Bonchev–Trinajstić information content (AvgIpc) is 3.61. The fraction of sp³-hybridized carbons (Fsp3) is 0.444. The monoisotopic (exact) mass is 874 g/mol. The predicted octanol–water partition coefficient (Wildman–Crippen LogP) is 7.57. The summed E-state index contributed by atoms with van der Waals surface area (Å²) < 4.78 is 71.6. The molecular weight excluding hydrogens is 820 g/mol. The van der Waals surface area contributed by atoms with E-state index in [0.29, 0.717) is 0 Å². The lowest BCUT2D eigenvalue weighted by Crippen LogP contribution is -2.68. The Hall–Kier alpha value is -4.87. The molecule has 0 amide bonds. The van der Waals surface area contributed by atoms with E-state index >= 15 is 14.0 Å². The van der Waals surface area contributed by atoms with Crippen LogP contribution in [0.3, 0.4) is 0 Å². The Morgan fingerprint density at radius 1 is 0.951 bits per heavy atom.